The summed E-state index contributed by atoms with van der Waals surface area (Å²) in [6.45, 7) is -0.156. The van der Waals surface area contributed by atoms with E-state index in [0.29, 0.717) is 0 Å². The number of benzene rings is 1. The van der Waals surface area contributed by atoms with Gasteiger partial charge in [-0.1, -0.05) is 36.4 Å². The number of halogens is 1. The molecule has 0 amide bonds. The maximum atomic E-state index is 10.9. The van der Waals surface area contributed by atoms with E-state index in [2.05, 4.69) is 4.74 Å². The molecule has 1 nitrogen and oxygen atoms in total. The van der Waals surface area contributed by atoms with Crippen LogP contribution in [0.25, 0.3) is 0 Å². The van der Waals surface area contributed by atoms with Gasteiger partial charge >= 0.3 is 0 Å². The number of ether oxygens (including phenoxy) is 1. The van der Waals surface area contributed by atoms with E-state index in [-0.39, 0.29) is 13.3 Å². The van der Waals surface area contributed by atoms with Gasteiger partial charge in [0.15, 0.2) is 0 Å². The Hall–Kier alpha value is -0.890. The number of alkyl halides is 1. The van der Waals surface area contributed by atoms with Crippen molar-refractivity contribution < 1.29 is 9.13 Å². The highest BCUT2D eigenvalue weighted by Crippen LogP contribution is 1.79. The second-order valence-electron chi connectivity index (χ2n) is 1.84. The second-order valence-corrected chi connectivity index (χ2v) is 1.84. The minimum Gasteiger partial charge on any atom is -0.382 e. The van der Waals surface area contributed by atoms with Gasteiger partial charge in [0.05, 0.1) is 6.61 Å². The summed E-state index contributed by atoms with van der Waals surface area (Å²) < 4.78 is 15.2. The van der Waals surface area contributed by atoms with Gasteiger partial charge in [0.25, 0.3) is 0 Å². The number of methoxy groups -OCH3 is 1. The molecule has 0 aliphatic rings. The predicted molar refractivity (Wildman–Crippen MR) is 44.3 cm³/mol. The van der Waals surface area contributed by atoms with E-state index in [4.69, 9.17) is 0 Å². The molecule has 0 saturated heterocycles. The summed E-state index contributed by atoms with van der Waals surface area (Å²) in [5, 5.41) is 0. The van der Waals surface area contributed by atoms with Crippen LogP contribution in [-0.4, -0.2) is 20.4 Å². The molecule has 0 aromatic heterocycles. The number of rotatable bonds is 2. The Morgan fingerprint density at radius 2 is 1.36 bits per heavy atom. The first-order valence-electron chi connectivity index (χ1n) is 3.46. The molecule has 62 valence electrons. The topological polar surface area (TPSA) is 9.23 Å². The summed E-state index contributed by atoms with van der Waals surface area (Å²) in [6, 6.07) is 12.0. The first-order chi connectivity index (χ1) is 5.41. The van der Waals surface area contributed by atoms with Gasteiger partial charge in [0.1, 0.15) is 6.67 Å². The van der Waals surface area contributed by atoms with Gasteiger partial charge in [0, 0.05) is 7.11 Å². The molecule has 0 heterocycles. The summed E-state index contributed by atoms with van der Waals surface area (Å²) in [5.74, 6) is 0. The molecule has 1 aromatic carbocycles. The Morgan fingerprint density at radius 1 is 1.00 bits per heavy atom. The van der Waals surface area contributed by atoms with Gasteiger partial charge < -0.3 is 4.74 Å². The molecule has 0 radical (unpaired) electrons. The summed E-state index contributed by atoms with van der Waals surface area (Å²) >= 11 is 0. The van der Waals surface area contributed by atoms with Gasteiger partial charge in [0.2, 0.25) is 0 Å². The molecule has 1 aromatic rings. The zero-order valence-corrected chi connectivity index (χ0v) is 6.66. The monoisotopic (exact) mass is 156 g/mol. The third kappa shape index (κ3) is 9.11. The molecule has 0 N–H and O–H groups in total. The van der Waals surface area contributed by atoms with Crippen LogP contribution in [0.5, 0.6) is 0 Å². The van der Waals surface area contributed by atoms with Crippen LogP contribution in [0.3, 0.4) is 0 Å². The van der Waals surface area contributed by atoms with E-state index in [1.54, 1.807) is 0 Å². The van der Waals surface area contributed by atoms with Crippen molar-refractivity contribution in [3.63, 3.8) is 0 Å². The number of hydrogen-bond acceptors (Lipinski definition) is 1. The molecule has 0 unspecified atom stereocenters. The molecular formula is C9H13FO. The molecular weight excluding hydrogens is 143 g/mol. The van der Waals surface area contributed by atoms with E-state index in [1.807, 2.05) is 36.4 Å². The predicted octanol–water partition coefficient (Wildman–Crippen LogP) is 2.29. The SMILES string of the molecule is COCCF.c1ccccc1. The van der Waals surface area contributed by atoms with Crippen molar-refractivity contribution >= 4 is 0 Å². The average Bonchev–Trinajstić information content (AvgIpc) is 2.10. The highest BCUT2D eigenvalue weighted by Gasteiger charge is 1.69. The fourth-order valence-corrected chi connectivity index (χ4v) is 0.462. The minimum absolute atomic E-state index is 0.222. The molecule has 11 heavy (non-hydrogen) atoms. The lowest BCUT2D eigenvalue weighted by molar-refractivity contribution is 0.175. The lowest BCUT2D eigenvalue weighted by Gasteiger charge is -1.82. The third-order valence-corrected chi connectivity index (χ3v) is 0.948. The molecule has 0 spiro atoms. The van der Waals surface area contributed by atoms with Crippen LogP contribution in [0.1, 0.15) is 0 Å². The molecule has 0 bridgehead atoms. The maximum absolute atomic E-state index is 10.9. The maximum Gasteiger partial charge on any atom is 0.113 e. The Balaban J connectivity index is 0.000000187. The molecule has 0 fully saturated rings. The van der Waals surface area contributed by atoms with Crippen molar-refractivity contribution in [2.45, 2.75) is 0 Å². The first-order valence-corrected chi connectivity index (χ1v) is 3.46. The van der Waals surface area contributed by atoms with Crippen LogP contribution >= 0.6 is 0 Å². The van der Waals surface area contributed by atoms with Crippen molar-refractivity contribution in [2.24, 2.45) is 0 Å². The molecule has 0 aliphatic carbocycles. The average molecular weight is 156 g/mol. The zero-order valence-electron chi connectivity index (χ0n) is 6.66. The van der Waals surface area contributed by atoms with Gasteiger partial charge in [-0.05, 0) is 0 Å². The van der Waals surface area contributed by atoms with E-state index in [9.17, 15) is 4.39 Å². The Morgan fingerprint density at radius 3 is 1.45 bits per heavy atom. The van der Waals surface area contributed by atoms with Gasteiger partial charge in [-0.15, -0.1) is 0 Å². The van der Waals surface area contributed by atoms with Crippen molar-refractivity contribution in [1.29, 1.82) is 0 Å². The normalized spacial score (nSPS) is 8.18. The van der Waals surface area contributed by atoms with E-state index in [0.717, 1.165) is 0 Å². The number of hydrogen-bond donors (Lipinski definition) is 0. The zero-order chi connectivity index (χ0) is 8.36. The quantitative estimate of drug-likeness (QED) is 0.638. The van der Waals surface area contributed by atoms with Crippen LogP contribution in [-0.2, 0) is 4.74 Å². The minimum atomic E-state index is -0.378. The lowest BCUT2D eigenvalue weighted by Crippen LogP contribution is -1.86. The highest BCUT2D eigenvalue weighted by atomic mass is 19.1. The lowest BCUT2D eigenvalue weighted by atomic mass is 10.4. The Bertz CT molecular complexity index is 113. The van der Waals surface area contributed by atoms with Crippen LogP contribution in [0.2, 0.25) is 0 Å². The smallest absolute Gasteiger partial charge is 0.113 e. The van der Waals surface area contributed by atoms with Crippen LogP contribution in [0, 0.1) is 0 Å². The Labute approximate surface area is 66.8 Å². The molecule has 1 rings (SSSR count). The van der Waals surface area contributed by atoms with E-state index >= 15 is 0 Å². The van der Waals surface area contributed by atoms with Crippen LogP contribution in [0.15, 0.2) is 36.4 Å². The summed E-state index contributed by atoms with van der Waals surface area (Å²) in [4.78, 5) is 0. The van der Waals surface area contributed by atoms with E-state index in [1.165, 1.54) is 7.11 Å². The molecule has 2 heteroatoms. The molecule has 0 aliphatic heterocycles. The van der Waals surface area contributed by atoms with Crippen molar-refractivity contribution in [3.8, 4) is 0 Å². The van der Waals surface area contributed by atoms with Gasteiger partial charge in [-0.3, -0.25) is 0 Å². The van der Waals surface area contributed by atoms with Gasteiger partial charge in [-0.2, -0.15) is 0 Å². The van der Waals surface area contributed by atoms with Crippen LogP contribution in [0.4, 0.5) is 4.39 Å². The summed E-state index contributed by atoms with van der Waals surface area (Å²) in [7, 11) is 1.47. The second kappa shape index (κ2) is 9.11. The van der Waals surface area contributed by atoms with Crippen LogP contribution < -0.4 is 0 Å². The summed E-state index contributed by atoms with van der Waals surface area (Å²) in [6.07, 6.45) is 0. The highest BCUT2D eigenvalue weighted by molar-refractivity contribution is 4.99. The van der Waals surface area contributed by atoms with Crippen molar-refractivity contribution in [2.75, 3.05) is 20.4 Å². The van der Waals surface area contributed by atoms with Crippen molar-refractivity contribution in [1.82, 2.24) is 0 Å². The van der Waals surface area contributed by atoms with Crippen molar-refractivity contribution in [3.05, 3.63) is 36.4 Å². The van der Waals surface area contributed by atoms with Gasteiger partial charge in [-0.25, -0.2) is 4.39 Å². The van der Waals surface area contributed by atoms with E-state index < -0.39 is 0 Å². The fraction of sp³-hybridized carbons (Fsp3) is 0.333. The largest absolute Gasteiger partial charge is 0.382 e. The fourth-order valence-electron chi connectivity index (χ4n) is 0.462. The molecule has 0 saturated carbocycles. The summed E-state index contributed by atoms with van der Waals surface area (Å²) in [5.41, 5.74) is 0. The first kappa shape index (κ1) is 10.1. The standard InChI is InChI=1S/C6H6.C3H7FO/c1-2-4-6-5-3-1;1-5-3-2-4/h1-6H;2-3H2,1H3. The molecule has 0 atom stereocenters. The Kier molecular flexibility index (Phi) is 8.37. The third-order valence-electron chi connectivity index (χ3n) is 0.948.